The first-order valence-corrected chi connectivity index (χ1v) is 6.02. The summed E-state index contributed by atoms with van der Waals surface area (Å²) in [7, 11) is 1.52. The van der Waals surface area contributed by atoms with E-state index in [0.717, 1.165) is 23.8 Å². The zero-order valence-corrected chi connectivity index (χ0v) is 10.9. The van der Waals surface area contributed by atoms with Crippen LogP contribution in [0.4, 0.5) is 14.5 Å². The maximum absolute atomic E-state index is 13.5. The van der Waals surface area contributed by atoms with Crippen molar-refractivity contribution >= 4 is 11.6 Å². The van der Waals surface area contributed by atoms with E-state index in [2.05, 4.69) is 0 Å². The molecule has 0 unspecified atom stereocenters. The Bertz CT molecular complexity index is 644. The van der Waals surface area contributed by atoms with Gasteiger partial charge < -0.3 is 10.6 Å². The smallest absolute Gasteiger partial charge is 0.256 e. The third kappa shape index (κ3) is 3.12. The number of benzene rings is 2. The summed E-state index contributed by atoms with van der Waals surface area (Å²) in [5, 5.41) is 0. The maximum Gasteiger partial charge on any atom is 0.256 e. The van der Waals surface area contributed by atoms with Crippen LogP contribution < -0.4 is 5.73 Å². The molecule has 2 N–H and O–H groups in total. The van der Waals surface area contributed by atoms with Gasteiger partial charge in [-0.15, -0.1) is 0 Å². The normalized spacial score (nSPS) is 10.3. The van der Waals surface area contributed by atoms with Gasteiger partial charge in [-0.05, 0) is 35.9 Å². The zero-order chi connectivity index (χ0) is 14.7. The molecule has 3 nitrogen and oxygen atoms in total. The van der Waals surface area contributed by atoms with Crippen molar-refractivity contribution in [3.8, 4) is 0 Å². The second kappa shape index (κ2) is 5.69. The number of nitrogens with two attached hydrogens (primary N) is 1. The average Bonchev–Trinajstić information content (AvgIpc) is 2.40. The van der Waals surface area contributed by atoms with E-state index < -0.39 is 17.5 Å². The van der Waals surface area contributed by atoms with Crippen LogP contribution in [0, 0.1) is 11.6 Å². The van der Waals surface area contributed by atoms with Crippen molar-refractivity contribution in [2.75, 3.05) is 12.8 Å². The summed E-state index contributed by atoms with van der Waals surface area (Å²) >= 11 is 0. The van der Waals surface area contributed by atoms with Crippen molar-refractivity contribution in [2.45, 2.75) is 6.54 Å². The predicted molar refractivity (Wildman–Crippen MR) is 73.0 cm³/mol. The number of carbonyl (C=O) groups excluding carboxylic acids is 1. The quantitative estimate of drug-likeness (QED) is 0.876. The van der Waals surface area contributed by atoms with Crippen molar-refractivity contribution in [1.29, 1.82) is 0 Å². The minimum atomic E-state index is -0.740. The molecule has 20 heavy (non-hydrogen) atoms. The van der Waals surface area contributed by atoms with E-state index in [-0.39, 0.29) is 12.1 Å². The second-order valence-corrected chi connectivity index (χ2v) is 4.53. The molecular weight excluding hydrogens is 262 g/mol. The van der Waals surface area contributed by atoms with Crippen LogP contribution in [-0.4, -0.2) is 17.9 Å². The van der Waals surface area contributed by atoms with Crippen LogP contribution in [0.25, 0.3) is 0 Å². The first-order valence-electron chi connectivity index (χ1n) is 6.02. The van der Waals surface area contributed by atoms with Crippen molar-refractivity contribution in [2.24, 2.45) is 0 Å². The number of amides is 1. The fourth-order valence-corrected chi connectivity index (χ4v) is 1.90. The van der Waals surface area contributed by atoms with E-state index in [9.17, 15) is 13.6 Å². The first kappa shape index (κ1) is 14.0. The average molecular weight is 276 g/mol. The molecule has 1 amide bonds. The predicted octanol–water partition coefficient (Wildman–Crippen LogP) is 2.82. The zero-order valence-electron chi connectivity index (χ0n) is 10.9. The monoisotopic (exact) mass is 276 g/mol. The topological polar surface area (TPSA) is 46.3 Å². The van der Waals surface area contributed by atoms with Gasteiger partial charge in [0.2, 0.25) is 0 Å². The molecule has 0 bridgehead atoms. The Labute approximate surface area is 115 Å². The van der Waals surface area contributed by atoms with E-state index in [4.69, 9.17) is 5.73 Å². The fourth-order valence-electron chi connectivity index (χ4n) is 1.90. The van der Waals surface area contributed by atoms with Gasteiger partial charge in [0.15, 0.2) is 0 Å². The third-order valence-corrected chi connectivity index (χ3v) is 2.88. The Kier molecular flexibility index (Phi) is 3.98. The van der Waals surface area contributed by atoms with E-state index in [1.54, 1.807) is 18.2 Å². The number of rotatable bonds is 3. The standard InChI is InChI=1S/C15H14F2N2O/c1-19(9-10-3-2-4-12(18)7-10)15(20)13-8-11(16)5-6-14(13)17/h2-8H,9,18H2,1H3. The number of anilines is 1. The SMILES string of the molecule is CN(Cc1cccc(N)c1)C(=O)c1cc(F)ccc1F. The summed E-state index contributed by atoms with van der Waals surface area (Å²) in [4.78, 5) is 13.4. The van der Waals surface area contributed by atoms with Crippen molar-refractivity contribution < 1.29 is 13.6 Å². The molecule has 2 aromatic rings. The molecule has 2 rings (SSSR count). The van der Waals surface area contributed by atoms with Gasteiger partial charge in [0.1, 0.15) is 11.6 Å². The molecule has 2 aromatic carbocycles. The first-order chi connectivity index (χ1) is 9.47. The lowest BCUT2D eigenvalue weighted by Gasteiger charge is -2.18. The summed E-state index contributed by atoms with van der Waals surface area (Å²) < 4.78 is 26.6. The van der Waals surface area contributed by atoms with Crippen LogP contribution in [0.3, 0.4) is 0 Å². The van der Waals surface area contributed by atoms with Gasteiger partial charge in [0, 0.05) is 19.3 Å². The van der Waals surface area contributed by atoms with Crippen molar-refractivity contribution in [3.63, 3.8) is 0 Å². The molecule has 104 valence electrons. The number of hydrogen-bond donors (Lipinski definition) is 1. The Morgan fingerprint density at radius 1 is 1.20 bits per heavy atom. The minimum absolute atomic E-state index is 0.264. The van der Waals surface area contributed by atoms with Gasteiger partial charge >= 0.3 is 0 Å². The molecule has 0 atom stereocenters. The molecule has 0 saturated carbocycles. The van der Waals surface area contributed by atoms with E-state index in [1.165, 1.54) is 11.9 Å². The molecule has 0 spiro atoms. The van der Waals surface area contributed by atoms with Crippen LogP contribution in [-0.2, 0) is 6.54 Å². The van der Waals surface area contributed by atoms with Gasteiger partial charge in [0.05, 0.1) is 5.56 Å². The number of nitrogens with zero attached hydrogens (tertiary/aromatic N) is 1. The Morgan fingerprint density at radius 2 is 1.95 bits per heavy atom. The van der Waals surface area contributed by atoms with Crippen molar-refractivity contribution in [1.82, 2.24) is 4.90 Å². The Balaban J connectivity index is 2.18. The Hall–Kier alpha value is -2.43. The van der Waals surface area contributed by atoms with Crippen LogP contribution >= 0.6 is 0 Å². The van der Waals surface area contributed by atoms with Crippen LogP contribution in [0.2, 0.25) is 0 Å². The molecule has 0 heterocycles. The summed E-state index contributed by atoms with van der Waals surface area (Å²) in [6.07, 6.45) is 0. The van der Waals surface area contributed by atoms with Gasteiger partial charge in [-0.25, -0.2) is 8.78 Å². The van der Waals surface area contributed by atoms with Gasteiger partial charge in [0.25, 0.3) is 5.91 Å². The molecule has 0 aliphatic rings. The highest BCUT2D eigenvalue weighted by molar-refractivity contribution is 5.94. The van der Waals surface area contributed by atoms with Crippen molar-refractivity contribution in [3.05, 3.63) is 65.2 Å². The minimum Gasteiger partial charge on any atom is -0.399 e. The summed E-state index contributed by atoms with van der Waals surface area (Å²) in [6, 6.07) is 9.85. The highest BCUT2D eigenvalue weighted by atomic mass is 19.1. The fraction of sp³-hybridized carbons (Fsp3) is 0.133. The van der Waals surface area contributed by atoms with E-state index >= 15 is 0 Å². The molecule has 0 aromatic heterocycles. The number of nitrogen functional groups attached to an aromatic ring is 1. The van der Waals surface area contributed by atoms with Gasteiger partial charge in [-0.3, -0.25) is 4.79 Å². The van der Waals surface area contributed by atoms with E-state index in [0.29, 0.717) is 5.69 Å². The Morgan fingerprint density at radius 3 is 2.65 bits per heavy atom. The summed E-state index contributed by atoms with van der Waals surface area (Å²) in [5.41, 5.74) is 6.77. The highest BCUT2D eigenvalue weighted by Gasteiger charge is 2.17. The molecule has 0 fully saturated rings. The van der Waals surface area contributed by atoms with Crippen LogP contribution in [0.5, 0.6) is 0 Å². The lowest BCUT2D eigenvalue weighted by Crippen LogP contribution is -2.27. The molecule has 0 aliphatic heterocycles. The highest BCUT2D eigenvalue weighted by Crippen LogP contribution is 2.14. The molecular formula is C15H14F2N2O. The second-order valence-electron chi connectivity index (χ2n) is 4.53. The third-order valence-electron chi connectivity index (χ3n) is 2.88. The van der Waals surface area contributed by atoms with E-state index in [1.807, 2.05) is 6.07 Å². The summed E-state index contributed by atoms with van der Waals surface area (Å²) in [5.74, 6) is -1.97. The molecule has 0 radical (unpaired) electrons. The number of carbonyl (C=O) groups is 1. The number of halogens is 2. The lowest BCUT2D eigenvalue weighted by atomic mass is 10.1. The molecule has 0 saturated heterocycles. The van der Waals surface area contributed by atoms with Crippen LogP contribution in [0.1, 0.15) is 15.9 Å². The van der Waals surface area contributed by atoms with Crippen LogP contribution in [0.15, 0.2) is 42.5 Å². The largest absolute Gasteiger partial charge is 0.399 e. The van der Waals surface area contributed by atoms with Gasteiger partial charge in [-0.2, -0.15) is 0 Å². The summed E-state index contributed by atoms with van der Waals surface area (Å²) in [6.45, 7) is 0.264. The lowest BCUT2D eigenvalue weighted by molar-refractivity contribution is 0.0780. The maximum atomic E-state index is 13.5. The molecule has 0 aliphatic carbocycles. The number of hydrogen-bond acceptors (Lipinski definition) is 2. The molecule has 5 heteroatoms. The van der Waals surface area contributed by atoms with Gasteiger partial charge in [-0.1, -0.05) is 12.1 Å².